The van der Waals surface area contributed by atoms with Crippen LogP contribution < -0.4 is 4.74 Å². The fourth-order valence-corrected chi connectivity index (χ4v) is 3.07. The molecule has 1 aromatic heterocycles. The molecule has 1 heterocycles. The number of aromatic nitrogens is 1. The van der Waals surface area contributed by atoms with Crippen LogP contribution in [0.1, 0.15) is 16.7 Å². The van der Waals surface area contributed by atoms with E-state index in [1.54, 1.807) is 7.11 Å². The van der Waals surface area contributed by atoms with Crippen molar-refractivity contribution in [1.29, 1.82) is 0 Å². The molecule has 2 N–H and O–H groups in total. The average molecular weight is 277 g/mol. The van der Waals surface area contributed by atoms with Gasteiger partial charge in [0.2, 0.25) is 0 Å². The standard InChI is InChI=1S/C18H15NO2/c1-21-12-8-6-11-7-9-13(15(11)10-12)17-14-4-2-3-5-16(14)19-18(17)20/h2-6,8-10,19-20H,7H2,1H3. The zero-order valence-corrected chi connectivity index (χ0v) is 11.7. The fraction of sp³-hybridized carbons (Fsp3) is 0.111. The van der Waals surface area contributed by atoms with E-state index in [0.717, 1.165) is 39.8 Å². The van der Waals surface area contributed by atoms with Crippen LogP contribution >= 0.6 is 0 Å². The molecule has 0 spiro atoms. The molecule has 0 amide bonds. The lowest BCUT2D eigenvalue weighted by molar-refractivity contribution is 0.414. The largest absolute Gasteiger partial charge is 0.497 e. The van der Waals surface area contributed by atoms with Crippen LogP contribution in [0.5, 0.6) is 11.6 Å². The third kappa shape index (κ3) is 1.74. The van der Waals surface area contributed by atoms with Crippen LogP contribution in [0.4, 0.5) is 0 Å². The molecule has 0 unspecified atom stereocenters. The second-order valence-corrected chi connectivity index (χ2v) is 5.24. The molecule has 104 valence electrons. The highest BCUT2D eigenvalue weighted by molar-refractivity contribution is 6.01. The summed E-state index contributed by atoms with van der Waals surface area (Å²) in [6.07, 6.45) is 3.05. The number of H-pyrrole nitrogens is 1. The number of nitrogens with one attached hydrogen (secondary N) is 1. The maximum absolute atomic E-state index is 10.3. The quantitative estimate of drug-likeness (QED) is 0.747. The van der Waals surface area contributed by atoms with Crippen molar-refractivity contribution in [3.05, 3.63) is 65.2 Å². The minimum atomic E-state index is 0.220. The third-order valence-electron chi connectivity index (χ3n) is 4.09. The van der Waals surface area contributed by atoms with Gasteiger partial charge in [0.05, 0.1) is 12.7 Å². The van der Waals surface area contributed by atoms with Crippen molar-refractivity contribution in [2.24, 2.45) is 0 Å². The third-order valence-corrected chi connectivity index (χ3v) is 4.09. The molecule has 0 radical (unpaired) electrons. The number of hydrogen-bond acceptors (Lipinski definition) is 2. The van der Waals surface area contributed by atoms with Crippen molar-refractivity contribution in [1.82, 2.24) is 4.98 Å². The van der Waals surface area contributed by atoms with Crippen LogP contribution in [0, 0.1) is 0 Å². The van der Waals surface area contributed by atoms with Gasteiger partial charge >= 0.3 is 0 Å². The first-order valence-electron chi connectivity index (χ1n) is 6.95. The lowest BCUT2D eigenvalue weighted by atomic mass is 9.98. The maximum atomic E-state index is 10.3. The van der Waals surface area contributed by atoms with E-state index in [0.29, 0.717) is 0 Å². The lowest BCUT2D eigenvalue weighted by Gasteiger charge is -2.08. The molecule has 21 heavy (non-hydrogen) atoms. The van der Waals surface area contributed by atoms with Gasteiger partial charge in [-0.15, -0.1) is 0 Å². The van der Waals surface area contributed by atoms with Gasteiger partial charge in [0.25, 0.3) is 0 Å². The molecular weight excluding hydrogens is 262 g/mol. The summed E-state index contributed by atoms with van der Waals surface area (Å²) < 4.78 is 5.33. The second kappa shape index (κ2) is 4.42. The van der Waals surface area contributed by atoms with Crippen molar-refractivity contribution >= 4 is 16.5 Å². The first-order valence-corrected chi connectivity index (χ1v) is 6.95. The number of ether oxygens (including phenoxy) is 1. The Balaban J connectivity index is 1.95. The molecule has 0 aliphatic heterocycles. The van der Waals surface area contributed by atoms with Gasteiger partial charge in [0, 0.05) is 10.9 Å². The molecule has 2 aromatic carbocycles. The van der Waals surface area contributed by atoms with Crippen molar-refractivity contribution in [2.45, 2.75) is 6.42 Å². The maximum Gasteiger partial charge on any atom is 0.197 e. The van der Waals surface area contributed by atoms with E-state index in [-0.39, 0.29) is 5.88 Å². The topological polar surface area (TPSA) is 45.2 Å². The van der Waals surface area contributed by atoms with E-state index in [4.69, 9.17) is 4.74 Å². The summed E-state index contributed by atoms with van der Waals surface area (Å²) in [5.41, 5.74) is 5.28. The summed E-state index contributed by atoms with van der Waals surface area (Å²) in [5.74, 6) is 1.05. The summed E-state index contributed by atoms with van der Waals surface area (Å²) in [6.45, 7) is 0. The fourth-order valence-electron chi connectivity index (χ4n) is 3.07. The Morgan fingerprint density at radius 1 is 1.14 bits per heavy atom. The molecule has 3 heteroatoms. The van der Waals surface area contributed by atoms with Gasteiger partial charge in [-0.05, 0) is 41.3 Å². The van der Waals surface area contributed by atoms with E-state index >= 15 is 0 Å². The van der Waals surface area contributed by atoms with Crippen molar-refractivity contribution in [3.63, 3.8) is 0 Å². The highest BCUT2D eigenvalue weighted by atomic mass is 16.5. The molecule has 1 aliphatic rings. The molecule has 0 saturated carbocycles. The summed E-state index contributed by atoms with van der Waals surface area (Å²) in [5, 5.41) is 11.4. The molecule has 4 rings (SSSR count). The average Bonchev–Trinajstić information content (AvgIpc) is 3.06. The number of methoxy groups -OCH3 is 1. The van der Waals surface area contributed by atoms with Crippen LogP contribution in [-0.4, -0.2) is 17.2 Å². The van der Waals surface area contributed by atoms with Gasteiger partial charge in [-0.3, -0.25) is 0 Å². The Morgan fingerprint density at radius 3 is 2.86 bits per heavy atom. The van der Waals surface area contributed by atoms with Crippen molar-refractivity contribution in [3.8, 4) is 11.6 Å². The van der Waals surface area contributed by atoms with Crippen molar-refractivity contribution in [2.75, 3.05) is 7.11 Å². The number of allylic oxidation sites excluding steroid dienone is 1. The zero-order chi connectivity index (χ0) is 14.4. The number of fused-ring (bicyclic) bond motifs is 2. The van der Waals surface area contributed by atoms with Gasteiger partial charge < -0.3 is 14.8 Å². The number of para-hydroxylation sites is 1. The van der Waals surface area contributed by atoms with E-state index in [2.05, 4.69) is 17.1 Å². The van der Waals surface area contributed by atoms with Gasteiger partial charge in [-0.1, -0.05) is 30.3 Å². The molecule has 0 bridgehead atoms. The zero-order valence-electron chi connectivity index (χ0n) is 11.7. The highest BCUT2D eigenvalue weighted by Crippen LogP contribution is 2.41. The summed E-state index contributed by atoms with van der Waals surface area (Å²) in [4.78, 5) is 3.05. The first kappa shape index (κ1) is 12.1. The molecule has 3 aromatic rings. The van der Waals surface area contributed by atoms with Gasteiger partial charge in [0.1, 0.15) is 5.75 Å². The summed E-state index contributed by atoms with van der Waals surface area (Å²) in [7, 11) is 1.67. The molecule has 1 aliphatic carbocycles. The lowest BCUT2D eigenvalue weighted by Crippen LogP contribution is -1.90. The van der Waals surface area contributed by atoms with Crippen molar-refractivity contribution < 1.29 is 9.84 Å². The minimum Gasteiger partial charge on any atom is -0.497 e. The van der Waals surface area contributed by atoms with Crippen LogP contribution in [0.3, 0.4) is 0 Å². The van der Waals surface area contributed by atoms with Crippen LogP contribution in [0.15, 0.2) is 48.5 Å². The molecule has 0 saturated heterocycles. The smallest absolute Gasteiger partial charge is 0.197 e. The Labute approximate surface area is 122 Å². The summed E-state index contributed by atoms with van der Waals surface area (Å²) >= 11 is 0. The number of aromatic amines is 1. The Morgan fingerprint density at radius 2 is 2.00 bits per heavy atom. The van der Waals surface area contributed by atoms with E-state index in [9.17, 15) is 5.11 Å². The number of hydrogen-bond donors (Lipinski definition) is 2. The number of rotatable bonds is 2. The Bertz CT molecular complexity index is 874. The van der Waals surface area contributed by atoms with Gasteiger partial charge in [-0.2, -0.15) is 0 Å². The molecule has 0 atom stereocenters. The number of benzene rings is 2. The first-order chi connectivity index (χ1) is 10.3. The van der Waals surface area contributed by atoms with E-state index in [1.165, 1.54) is 5.56 Å². The van der Waals surface area contributed by atoms with Crippen LogP contribution in [0.25, 0.3) is 16.5 Å². The predicted molar refractivity (Wildman–Crippen MR) is 83.7 cm³/mol. The Hall–Kier alpha value is -2.68. The molecular formula is C18H15NO2. The molecule has 3 nitrogen and oxygen atoms in total. The summed E-state index contributed by atoms with van der Waals surface area (Å²) in [6, 6.07) is 14.0. The van der Waals surface area contributed by atoms with Gasteiger partial charge in [0.15, 0.2) is 5.88 Å². The number of aromatic hydroxyl groups is 1. The normalized spacial score (nSPS) is 13.3. The highest BCUT2D eigenvalue weighted by Gasteiger charge is 2.22. The molecule has 0 fully saturated rings. The minimum absolute atomic E-state index is 0.220. The van der Waals surface area contributed by atoms with Crippen LogP contribution in [0.2, 0.25) is 0 Å². The van der Waals surface area contributed by atoms with E-state index < -0.39 is 0 Å². The van der Waals surface area contributed by atoms with E-state index in [1.807, 2.05) is 36.4 Å². The SMILES string of the molecule is COc1ccc2c(c1)C(c1c(O)[nH]c3ccccc13)=CC2. The van der Waals surface area contributed by atoms with Gasteiger partial charge in [-0.25, -0.2) is 0 Å². The Kier molecular flexibility index (Phi) is 2.54. The second-order valence-electron chi connectivity index (χ2n) is 5.24. The van der Waals surface area contributed by atoms with Crippen LogP contribution in [-0.2, 0) is 6.42 Å². The monoisotopic (exact) mass is 277 g/mol. The predicted octanol–water partition coefficient (Wildman–Crippen LogP) is 3.87.